The van der Waals surface area contributed by atoms with Crippen LogP contribution in [0.1, 0.15) is 5.56 Å². The number of H-pyrrole nitrogens is 1. The molecule has 2 atom stereocenters. The molecule has 8 bridgehead atoms. The quantitative estimate of drug-likeness (QED) is 0.256. The first kappa shape index (κ1) is 30.0. The van der Waals surface area contributed by atoms with Gasteiger partial charge in [0.15, 0.2) is 5.78 Å². The van der Waals surface area contributed by atoms with Crippen molar-refractivity contribution in [2.75, 3.05) is 5.32 Å². The third-order valence-electron chi connectivity index (χ3n) is 8.53. The Kier molecular flexibility index (Phi) is 7.48. The van der Waals surface area contributed by atoms with Gasteiger partial charge in [-0.15, -0.1) is 0 Å². The second kappa shape index (κ2) is 12.0. The molecule has 10 heteroatoms. The summed E-state index contributed by atoms with van der Waals surface area (Å²) < 4.78 is 0. The highest BCUT2D eigenvalue weighted by Gasteiger charge is 2.49. The standard InChI is InChI=1S/C38H26Cl2N6O2/c39-32-4-1-5-33(40)31(32)21-38-20-29-11-10-27(44-29)17-25-7-6-24(42-25)16-26-8-9-28(43-26)18-35(46-38)30(37(38)48)19-36(47)45-23-12-13-34-22(15-23)3-2-14-41-34/h1-20,35,42,46H,21H2,(H,45,47)/b24-16?,25-17?,28-18?,29-20?,30-19+. The molecule has 0 spiro atoms. The predicted octanol–water partition coefficient (Wildman–Crippen LogP) is 5.32. The number of pyridine rings is 1. The molecule has 48 heavy (non-hydrogen) atoms. The third kappa shape index (κ3) is 5.82. The molecule has 2 aromatic heterocycles. The molecule has 2 unspecified atom stereocenters. The maximum absolute atomic E-state index is 14.8. The van der Waals surface area contributed by atoms with Gasteiger partial charge in [-0.25, -0.2) is 9.98 Å². The fraction of sp³-hybridized carbons (Fsp3) is 0.0789. The summed E-state index contributed by atoms with van der Waals surface area (Å²) in [5.41, 5.74) is 3.59. The van der Waals surface area contributed by atoms with Gasteiger partial charge in [-0.2, -0.15) is 0 Å². The van der Waals surface area contributed by atoms with E-state index in [0.717, 1.165) is 33.0 Å². The normalized spacial score (nSPS) is 21.8. The molecule has 234 valence electrons. The summed E-state index contributed by atoms with van der Waals surface area (Å²) in [5, 5.41) is 9.97. The van der Waals surface area contributed by atoms with Crippen molar-refractivity contribution in [3.8, 4) is 0 Å². The van der Waals surface area contributed by atoms with Gasteiger partial charge in [0.25, 0.3) is 0 Å². The summed E-state index contributed by atoms with van der Waals surface area (Å²) in [6.07, 6.45) is 18.2. The molecule has 2 aromatic carbocycles. The summed E-state index contributed by atoms with van der Waals surface area (Å²) >= 11 is 13.3. The van der Waals surface area contributed by atoms with Crippen LogP contribution < -0.4 is 21.3 Å². The third-order valence-corrected chi connectivity index (χ3v) is 9.23. The van der Waals surface area contributed by atoms with Crippen LogP contribution in [0.25, 0.3) is 23.1 Å². The van der Waals surface area contributed by atoms with Crippen molar-refractivity contribution in [2.45, 2.75) is 18.0 Å². The minimum absolute atomic E-state index is 0.116. The van der Waals surface area contributed by atoms with Crippen LogP contribution in [0.2, 0.25) is 10.0 Å². The number of halogens is 2. The van der Waals surface area contributed by atoms with Gasteiger partial charge < -0.3 is 10.3 Å². The highest BCUT2D eigenvalue weighted by Crippen LogP contribution is 2.37. The molecule has 8 nitrogen and oxygen atoms in total. The van der Waals surface area contributed by atoms with Crippen molar-refractivity contribution in [3.63, 3.8) is 0 Å². The summed E-state index contributed by atoms with van der Waals surface area (Å²) in [4.78, 5) is 45.7. The van der Waals surface area contributed by atoms with Crippen molar-refractivity contribution >= 4 is 75.1 Å². The second-order valence-corrected chi connectivity index (χ2v) is 12.7. The van der Waals surface area contributed by atoms with E-state index < -0.39 is 17.5 Å². The minimum Gasteiger partial charge on any atom is -0.355 e. The van der Waals surface area contributed by atoms with Crippen LogP contribution in [0, 0.1) is 0 Å². The molecule has 0 radical (unpaired) electrons. The number of hydrogen-bond donors (Lipinski definition) is 3. The molecule has 1 fully saturated rings. The van der Waals surface area contributed by atoms with Crippen LogP contribution in [0.3, 0.4) is 0 Å². The number of nitrogens with zero attached hydrogens (tertiary/aromatic N) is 3. The van der Waals surface area contributed by atoms with E-state index in [-0.39, 0.29) is 17.8 Å². The van der Waals surface area contributed by atoms with E-state index in [1.54, 1.807) is 36.5 Å². The lowest BCUT2D eigenvalue weighted by molar-refractivity contribution is -0.118. The van der Waals surface area contributed by atoms with Crippen molar-refractivity contribution in [2.24, 2.45) is 9.98 Å². The number of carbonyl (C=O) groups excluding carboxylic acids is 2. The Morgan fingerprint density at radius 1 is 0.896 bits per heavy atom. The first-order valence-corrected chi connectivity index (χ1v) is 16.1. The highest BCUT2D eigenvalue weighted by molar-refractivity contribution is 6.36. The molecular formula is C38H26Cl2N6O2. The molecule has 6 heterocycles. The zero-order valence-corrected chi connectivity index (χ0v) is 26.8. The number of nitrogens with one attached hydrogen (secondary N) is 3. The monoisotopic (exact) mass is 668 g/mol. The molecule has 3 N–H and O–H groups in total. The van der Waals surface area contributed by atoms with Crippen LogP contribution in [0.5, 0.6) is 0 Å². The molecule has 0 saturated carbocycles. The number of ketones is 1. The number of rotatable bonds is 4. The lowest BCUT2D eigenvalue weighted by Crippen LogP contribution is -2.47. The fourth-order valence-corrected chi connectivity index (χ4v) is 6.84. The summed E-state index contributed by atoms with van der Waals surface area (Å²) in [6, 6.07) is 17.7. The topological polar surface area (TPSA) is 112 Å². The van der Waals surface area contributed by atoms with E-state index in [0.29, 0.717) is 32.7 Å². The van der Waals surface area contributed by atoms with Crippen LogP contribution in [0.15, 0.2) is 136 Å². The van der Waals surface area contributed by atoms with Crippen LogP contribution in [-0.4, -0.2) is 44.7 Å². The number of benzene rings is 2. The average molecular weight is 670 g/mol. The maximum atomic E-state index is 14.8. The van der Waals surface area contributed by atoms with Gasteiger partial charge in [0.05, 0.1) is 34.4 Å². The van der Waals surface area contributed by atoms with E-state index in [9.17, 15) is 9.59 Å². The van der Waals surface area contributed by atoms with E-state index in [1.807, 2.05) is 78.9 Å². The number of hydrogen-bond acceptors (Lipinski definition) is 6. The zero-order valence-electron chi connectivity index (χ0n) is 25.2. The summed E-state index contributed by atoms with van der Waals surface area (Å²) in [7, 11) is 0. The molecule has 0 aliphatic carbocycles. The Bertz CT molecular complexity index is 2390. The van der Waals surface area contributed by atoms with Gasteiger partial charge in [-0.1, -0.05) is 35.3 Å². The molecule has 1 saturated heterocycles. The highest BCUT2D eigenvalue weighted by atomic mass is 35.5. The SMILES string of the molecule is O=C(/C=C1/C(=O)C2(Cc3c(Cl)cccc3Cl)C=C3C=CC(=N3)C=c3ccc([nH]3)=CC3=NC(=CC1N2)C=C3)Nc1ccc2ncccc2c1. The van der Waals surface area contributed by atoms with Crippen molar-refractivity contribution < 1.29 is 9.59 Å². The Morgan fingerprint density at radius 2 is 1.62 bits per heavy atom. The lowest BCUT2D eigenvalue weighted by Gasteiger charge is -2.26. The first-order chi connectivity index (χ1) is 23.3. The van der Waals surface area contributed by atoms with Crippen LogP contribution >= 0.6 is 23.2 Å². The predicted molar refractivity (Wildman–Crippen MR) is 192 cm³/mol. The van der Waals surface area contributed by atoms with E-state index in [2.05, 4.69) is 20.6 Å². The smallest absolute Gasteiger partial charge is 0.248 e. The molecule has 4 aromatic rings. The van der Waals surface area contributed by atoms with Gasteiger partial charge in [-0.05, 0) is 103 Å². The average Bonchev–Trinajstić information content (AvgIpc) is 3.86. The molecule has 4 aliphatic rings. The number of aliphatic imine (C=N–C) groups is 2. The Labute approximate surface area is 285 Å². The molecular weight excluding hydrogens is 643 g/mol. The Morgan fingerprint density at radius 3 is 2.40 bits per heavy atom. The summed E-state index contributed by atoms with van der Waals surface area (Å²) in [5.74, 6) is -0.753. The van der Waals surface area contributed by atoms with Crippen LogP contribution in [-0.2, 0) is 16.0 Å². The Balaban J connectivity index is 1.27. The van der Waals surface area contributed by atoms with E-state index in [4.69, 9.17) is 33.2 Å². The largest absolute Gasteiger partial charge is 0.355 e. The zero-order chi connectivity index (χ0) is 32.8. The minimum atomic E-state index is -1.35. The van der Waals surface area contributed by atoms with Gasteiger partial charge in [0.1, 0.15) is 5.54 Å². The van der Waals surface area contributed by atoms with Gasteiger partial charge in [0, 0.05) is 56.1 Å². The van der Waals surface area contributed by atoms with Crippen LogP contribution in [0.4, 0.5) is 5.69 Å². The second-order valence-electron chi connectivity index (χ2n) is 11.9. The molecule has 1 amide bonds. The van der Waals surface area contributed by atoms with E-state index >= 15 is 0 Å². The Hall–Kier alpha value is -5.41. The first-order valence-electron chi connectivity index (χ1n) is 15.3. The number of aromatic amines is 1. The maximum Gasteiger partial charge on any atom is 0.248 e. The number of allylic oxidation sites excluding steroid dienone is 4. The van der Waals surface area contributed by atoms with Gasteiger partial charge >= 0.3 is 0 Å². The number of Topliss-reactive ketones (excluding diaryl/α,β-unsaturated/α-hetero) is 1. The van der Waals surface area contributed by atoms with E-state index in [1.165, 1.54) is 6.08 Å². The number of anilines is 1. The van der Waals surface area contributed by atoms with Gasteiger partial charge in [-0.3, -0.25) is 19.9 Å². The molecule has 8 rings (SSSR count). The van der Waals surface area contributed by atoms with Crippen molar-refractivity contribution in [1.29, 1.82) is 0 Å². The lowest BCUT2D eigenvalue weighted by atomic mass is 9.85. The summed E-state index contributed by atoms with van der Waals surface area (Å²) in [6.45, 7) is 0. The van der Waals surface area contributed by atoms with Gasteiger partial charge in [0.2, 0.25) is 5.91 Å². The van der Waals surface area contributed by atoms with Crippen molar-refractivity contribution in [3.05, 3.63) is 153 Å². The number of carbonyl (C=O) groups is 2. The fourth-order valence-electron chi connectivity index (χ4n) is 6.31. The number of amides is 1. The number of fused-ring (bicyclic) bond motifs is 7. The van der Waals surface area contributed by atoms with Crippen molar-refractivity contribution in [1.82, 2.24) is 15.3 Å². The molecule has 4 aliphatic heterocycles. The number of aromatic nitrogens is 2.